The Bertz CT molecular complexity index is 1000. The molecule has 32 heavy (non-hydrogen) atoms. The van der Waals surface area contributed by atoms with Gasteiger partial charge in [0.15, 0.2) is 5.82 Å². The summed E-state index contributed by atoms with van der Waals surface area (Å²) in [7, 11) is 0. The maximum absolute atomic E-state index is 14.7. The van der Waals surface area contributed by atoms with E-state index in [0.29, 0.717) is 11.4 Å². The monoisotopic (exact) mass is 434 g/mol. The molecule has 0 radical (unpaired) electrons. The number of hydrogen-bond donors (Lipinski definition) is 0. The summed E-state index contributed by atoms with van der Waals surface area (Å²) < 4.78 is 20.0. The summed E-state index contributed by atoms with van der Waals surface area (Å²) in [6.07, 6.45) is 12.3. The number of aromatic nitrogens is 2. The molecule has 0 aliphatic rings. The third kappa shape index (κ3) is 6.71. The van der Waals surface area contributed by atoms with E-state index >= 15 is 0 Å². The van der Waals surface area contributed by atoms with Crippen molar-refractivity contribution in [3.8, 4) is 17.1 Å². The molecule has 1 aromatic heterocycles. The number of aryl methyl sites for hydroxylation is 2. The standard InChI is InChI=1S/C27H31FN2O2/c1-3-5-7-9-20-11-13-22(14-12-20)27(31)32-23-15-16-24(25(28)17-23)26-29-18-21(19-30-26)10-8-6-4-2/h11-19H,3-10H2,1-2H3. The second-order valence-electron chi connectivity index (χ2n) is 8.06. The molecule has 0 aliphatic carbocycles. The van der Waals surface area contributed by atoms with Gasteiger partial charge < -0.3 is 4.74 Å². The van der Waals surface area contributed by atoms with Gasteiger partial charge in [-0.3, -0.25) is 0 Å². The zero-order chi connectivity index (χ0) is 22.8. The summed E-state index contributed by atoms with van der Waals surface area (Å²) in [6, 6.07) is 11.7. The van der Waals surface area contributed by atoms with Crippen molar-refractivity contribution in [2.45, 2.75) is 65.2 Å². The first-order valence-electron chi connectivity index (χ1n) is 11.5. The minimum atomic E-state index is -0.527. The van der Waals surface area contributed by atoms with Crippen LogP contribution in [0.1, 0.15) is 73.9 Å². The Labute approximate surface area is 189 Å². The third-order valence-corrected chi connectivity index (χ3v) is 5.42. The smallest absolute Gasteiger partial charge is 0.343 e. The highest BCUT2D eigenvalue weighted by Crippen LogP contribution is 2.24. The van der Waals surface area contributed by atoms with Crippen LogP contribution < -0.4 is 4.74 Å². The van der Waals surface area contributed by atoms with Gasteiger partial charge >= 0.3 is 5.97 Å². The molecule has 0 bridgehead atoms. The zero-order valence-electron chi connectivity index (χ0n) is 18.9. The Morgan fingerprint density at radius 1 is 0.844 bits per heavy atom. The van der Waals surface area contributed by atoms with Gasteiger partial charge in [-0.05, 0) is 61.1 Å². The molecule has 0 N–H and O–H groups in total. The Morgan fingerprint density at radius 3 is 2.06 bits per heavy atom. The number of rotatable bonds is 11. The molecular weight excluding hydrogens is 403 g/mol. The van der Waals surface area contributed by atoms with Crippen LogP contribution >= 0.6 is 0 Å². The molecule has 3 rings (SSSR count). The van der Waals surface area contributed by atoms with Crippen LogP contribution in [-0.2, 0) is 12.8 Å². The lowest BCUT2D eigenvalue weighted by Crippen LogP contribution is -2.09. The molecule has 0 fully saturated rings. The van der Waals surface area contributed by atoms with Crippen LogP contribution in [0.4, 0.5) is 4.39 Å². The third-order valence-electron chi connectivity index (χ3n) is 5.42. The van der Waals surface area contributed by atoms with Crippen molar-refractivity contribution >= 4 is 5.97 Å². The molecule has 0 saturated heterocycles. The van der Waals surface area contributed by atoms with Crippen molar-refractivity contribution < 1.29 is 13.9 Å². The fourth-order valence-electron chi connectivity index (χ4n) is 3.50. The van der Waals surface area contributed by atoms with E-state index in [2.05, 4.69) is 23.8 Å². The molecular formula is C27H31FN2O2. The van der Waals surface area contributed by atoms with E-state index in [4.69, 9.17) is 4.74 Å². The Morgan fingerprint density at radius 2 is 1.47 bits per heavy atom. The number of halogens is 1. The second kappa shape index (κ2) is 12.1. The van der Waals surface area contributed by atoms with E-state index < -0.39 is 11.8 Å². The molecule has 0 spiro atoms. The SMILES string of the molecule is CCCCCc1ccc(C(=O)Oc2ccc(-c3ncc(CCCCC)cn3)c(F)c2)cc1. The van der Waals surface area contributed by atoms with Gasteiger partial charge in [-0.15, -0.1) is 0 Å². The average Bonchev–Trinajstić information content (AvgIpc) is 2.81. The van der Waals surface area contributed by atoms with E-state index in [1.54, 1.807) is 36.7 Å². The molecule has 3 aromatic rings. The van der Waals surface area contributed by atoms with Gasteiger partial charge in [-0.25, -0.2) is 19.2 Å². The van der Waals surface area contributed by atoms with Crippen LogP contribution in [0.2, 0.25) is 0 Å². The van der Waals surface area contributed by atoms with Gasteiger partial charge in [0, 0.05) is 18.5 Å². The first-order valence-corrected chi connectivity index (χ1v) is 11.5. The van der Waals surface area contributed by atoms with Gasteiger partial charge in [-0.1, -0.05) is 51.7 Å². The average molecular weight is 435 g/mol. The summed E-state index contributed by atoms with van der Waals surface area (Å²) >= 11 is 0. The number of esters is 1. The van der Waals surface area contributed by atoms with Gasteiger partial charge in [0.1, 0.15) is 11.6 Å². The van der Waals surface area contributed by atoms with Crippen molar-refractivity contribution in [2.75, 3.05) is 0 Å². The van der Waals surface area contributed by atoms with E-state index in [1.165, 1.54) is 30.9 Å². The molecule has 0 amide bonds. The lowest BCUT2D eigenvalue weighted by atomic mass is 10.1. The van der Waals surface area contributed by atoms with Crippen LogP contribution in [0.3, 0.4) is 0 Å². The lowest BCUT2D eigenvalue weighted by Gasteiger charge is -2.08. The first-order chi connectivity index (χ1) is 15.6. The van der Waals surface area contributed by atoms with Crippen LogP contribution in [-0.4, -0.2) is 15.9 Å². The van der Waals surface area contributed by atoms with Crippen LogP contribution in [0.5, 0.6) is 5.75 Å². The summed E-state index contributed by atoms with van der Waals surface area (Å²) in [5, 5.41) is 0. The van der Waals surface area contributed by atoms with E-state index in [1.807, 2.05) is 12.1 Å². The molecule has 2 aromatic carbocycles. The predicted molar refractivity (Wildman–Crippen MR) is 125 cm³/mol. The molecule has 0 atom stereocenters. The lowest BCUT2D eigenvalue weighted by molar-refractivity contribution is 0.0734. The summed E-state index contributed by atoms with van der Waals surface area (Å²) in [6.45, 7) is 4.33. The number of benzene rings is 2. The van der Waals surface area contributed by atoms with Gasteiger partial charge in [0.2, 0.25) is 0 Å². The summed E-state index contributed by atoms with van der Waals surface area (Å²) in [4.78, 5) is 21.0. The van der Waals surface area contributed by atoms with Crippen LogP contribution in [0.25, 0.3) is 11.4 Å². The Balaban J connectivity index is 1.61. The largest absolute Gasteiger partial charge is 0.423 e. The summed E-state index contributed by atoms with van der Waals surface area (Å²) in [5.41, 5.74) is 2.96. The second-order valence-corrected chi connectivity index (χ2v) is 8.06. The van der Waals surface area contributed by atoms with E-state index in [0.717, 1.165) is 37.7 Å². The highest BCUT2D eigenvalue weighted by atomic mass is 19.1. The number of carbonyl (C=O) groups is 1. The maximum atomic E-state index is 14.7. The molecule has 0 aliphatic heterocycles. The topological polar surface area (TPSA) is 52.1 Å². The molecule has 0 unspecified atom stereocenters. The maximum Gasteiger partial charge on any atom is 0.343 e. The van der Waals surface area contributed by atoms with Crippen LogP contribution in [0, 0.1) is 5.82 Å². The van der Waals surface area contributed by atoms with Crippen molar-refractivity contribution in [2.24, 2.45) is 0 Å². The number of ether oxygens (including phenoxy) is 1. The van der Waals surface area contributed by atoms with Crippen molar-refractivity contribution in [3.63, 3.8) is 0 Å². The fourth-order valence-corrected chi connectivity index (χ4v) is 3.50. The Kier molecular flexibility index (Phi) is 8.90. The zero-order valence-corrected chi connectivity index (χ0v) is 18.9. The fraction of sp³-hybridized carbons (Fsp3) is 0.370. The predicted octanol–water partition coefficient (Wildman–Crippen LogP) is 6.97. The molecule has 4 nitrogen and oxygen atoms in total. The molecule has 0 saturated carbocycles. The number of unbranched alkanes of at least 4 members (excludes halogenated alkanes) is 4. The highest BCUT2D eigenvalue weighted by Gasteiger charge is 2.13. The molecule has 5 heteroatoms. The number of carbonyl (C=O) groups excluding carboxylic acids is 1. The van der Waals surface area contributed by atoms with Gasteiger partial charge in [0.05, 0.1) is 11.1 Å². The van der Waals surface area contributed by atoms with E-state index in [-0.39, 0.29) is 11.3 Å². The number of hydrogen-bond acceptors (Lipinski definition) is 4. The first kappa shape index (κ1) is 23.6. The van der Waals surface area contributed by atoms with Gasteiger partial charge in [-0.2, -0.15) is 0 Å². The Hall–Kier alpha value is -3.08. The minimum Gasteiger partial charge on any atom is -0.423 e. The van der Waals surface area contributed by atoms with Crippen LogP contribution in [0.15, 0.2) is 54.9 Å². The number of nitrogens with zero attached hydrogens (tertiary/aromatic N) is 2. The van der Waals surface area contributed by atoms with Crippen molar-refractivity contribution in [1.82, 2.24) is 9.97 Å². The highest BCUT2D eigenvalue weighted by molar-refractivity contribution is 5.91. The van der Waals surface area contributed by atoms with Crippen molar-refractivity contribution in [1.29, 1.82) is 0 Å². The van der Waals surface area contributed by atoms with Crippen molar-refractivity contribution in [3.05, 3.63) is 77.4 Å². The normalized spacial score (nSPS) is 10.8. The molecule has 1 heterocycles. The minimum absolute atomic E-state index is 0.152. The van der Waals surface area contributed by atoms with E-state index in [9.17, 15) is 9.18 Å². The molecule has 168 valence electrons. The summed E-state index contributed by atoms with van der Waals surface area (Å²) in [5.74, 6) is -0.567. The quantitative estimate of drug-likeness (QED) is 0.186. The van der Waals surface area contributed by atoms with Gasteiger partial charge in [0.25, 0.3) is 0 Å².